The molecular weight excluding hydrogens is 394 g/mol. The number of hydrogen-bond acceptors (Lipinski definition) is 6. The van der Waals surface area contributed by atoms with E-state index < -0.39 is 0 Å². The molecule has 1 heterocycles. The first-order chi connectivity index (χ1) is 15.1. The van der Waals surface area contributed by atoms with Crippen LogP contribution in [-0.4, -0.2) is 29.8 Å². The molecular formula is C24H21N3O4. The largest absolute Gasteiger partial charge is 0.497 e. The van der Waals surface area contributed by atoms with Crippen molar-refractivity contribution in [3.63, 3.8) is 0 Å². The van der Waals surface area contributed by atoms with Crippen LogP contribution in [0.3, 0.4) is 0 Å². The predicted octanol–water partition coefficient (Wildman–Crippen LogP) is 4.74. The summed E-state index contributed by atoms with van der Waals surface area (Å²) in [6.45, 7) is 1.78. The summed E-state index contributed by atoms with van der Waals surface area (Å²) in [5, 5.41) is 6.91. The molecule has 1 aromatic heterocycles. The fourth-order valence-electron chi connectivity index (χ4n) is 3.00. The summed E-state index contributed by atoms with van der Waals surface area (Å²) in [5.74, 6) is 1.72. The van der Waals surface area contributed by atoms with Gasteiger partial charge in [-0.3, -0.25) is 4.79 Å². The Morgan fingerprint density at radius 2 is 1.74 bits per heavy atom. The zero-order valence-electron chi connectivity index (χ0n) is 17.2. The van der Waals surface area contributed by atoms with Crippen LogP contribution in [0.4, 0.5) is 5.69 Å². The van der Waals surface area contributed by atoms with Crippen LogP contribution < -0.4 is 14.8 Å². The molecule has 0 fully saturated rings. The third-order valence-corrected chi connectivity index (χ3v) is 4.67. The Hall–Kier alpha value is -4.13. The van der Waals surface area contributed by atoms with Gasteiger partial charge in [0, 0.05) is 11.3 Å². The first kappa shape index (κ1) is 20.2. The van der Waals surface area contributed by atoms with E-state index in [2.05, 4.69) is 15.5 Å². The van der Waals surface area contributed by atoms with E-state index in [0.717, 1.165) is 22.6 Å². The predicted molar refractivity (Wildman–Crippen MR) is 117 cm³/mol. The van der Waals surface area contributed by atoms with Crippen LogP contribution in [0.15, 0.2) is 77.3 Å². The van der Waals surface area contributed by atoms with Gasteiger partial charge in [-0.2, -0.15) is 4.98 Å². The maximum absolute atomic E-state index is 12.3. The third-order valence-electron chi connectivity index (χ3n) is 4.67. The van der Waals surface area contributed by atoms with E-state index in [1.54, 1.807) is 19.2 Å². The normalized spacial score (nSPS) is 10.5. The summed E-state index contributed by atoms with van der Waals surface area (Å²) in [6, 6.07) is 22.2. The van der Waals surface area contributed by atoms with E-state index in [-0.39, 0.29) is 12.5 Å². The fraction of sp³-hybridized carbons (Fsp3) is 0.125. The first-order valence-corrected chi connectivity index (χ1v) is 9.70. The Kier molecular flexibility index (Phi) is 5.93. The van der Waals surface area contributed by atoms with Crippen LogP contribution in [-0.2, 0) is 4.79 Å². The van der Waals surface area contributed by atoms with Gasteiger partial charge in [-0.25, -0.2) is 0 Å². The molecule has 0 aliphatic rings. The molecule has 3 aromatic carbocycles. The fourth-order valence-corrected chi connectivity index (χ4v) is 3.00. The molecule has 0 aliphatic heterocycles. The number of carbonyl (C=O) groups excluding carboxylic acids is 1. The molecule has 4 rings (SSSR count). The van der Waals surface area contributed by atoms with Gasteiger partial charge in [0.25, 0.3) is 11.8 Å². The molecule has 0 spiro atoms. The third kappa shape index (κ3) is 4.72. The number of carbonyl (C=O) groups is 1. The highest BCUT2D eigenvalue weighted by atomic mass is 16.5. The van der Waals surface area contributed by atoms with Gasteiger partial charge in [0.15, 0.2) is 6.61 Å². The maximum Gasteiger partial charge on any atom is 0.262 e. The number of para-hydroxylation sites is 2. The number of aromatic nitrogens is 2. The number of hydrogen-bond donors (Lipinski definition) is 1. The Morgan fingerprint density at radius 3 is 2.52 bits per heavy atom. The van der Waals surface area contributed by atoms with Crippen LogP contribution in [0, 0.1) is 6.92 Å². The van der Waals surface area contributed by atoms with Gasteiger partial charge in [0.05, 0.1) is 12.7 Å². The number of benzene rings is 3. The van der Waals surface area contributed by atoms with Crippen molar-refractivity contribution in [3.05, 3.63) is 78.4 Å². The lowest BCUT2D eigenvalue weighted by molar-refractivity contribution is -0.118. The molecule has 0 saturated heterocycles. The van der Waals surface area contributed by atoms with Crippen molar-refractivity contribution in [2.24, 2.45) is 0 Å². The molecule has 31 heavy (non-hydrogen) atoms. The van der Waals surface area contributed by atoms with Gasteiger partial charge in [0.2, 0.25) is 5.82 Å². The van der Waals surface area contributed by atoms with E-state index in [0.29, 0.717) is 23.0 Å². The van der Waals surface area contributed by atoms with Gasteiger partial charge in [0.1, 0.15) is 11.5 Å². The zero-order valence-corrected chi connectivity index (χ0v) is 17.2. The number of methoxy groups -OCH3 is 1. The van der Waals surface area contributed by atoms with Crippen LogP contribution >= 0.6 is 0 Å². The summed E-state index contributed by atoms with van der Waals surface area (Å²) in [7, 11) is 1.61. The lowest BCUT2D eigenvalue weighted by Gasteiger charge is -2.11. The smallest absolute Gasteiger partial charge is 0.262 e. The summed E-state index contributed by atoms with van der Waals surface area (Å²) in [6.07, 6.45) is 0. The van der Waals surface area contributed by atoms with Crippen LogP contribution in [0.5, 0.6) is 11.5 Å². The van der Waals surface area contributed by atoms with Crippen molar-refractivity contribution in [2.45, 2.75) is 6.92 Å². The Bertz CT molecular complexity index is 1190. The number of rotatable bonds is 7. The van der Waals surface area contributed by atoms with E-state index in [4.69, 9.17) is 14.0 Å². The Morgan fingerprint density at radius 1 is 1.00 bits per heavy atom. The molecule has 4 aromatic rings. The van der Waals surface area contributed by atoms with E-state index in [1.807, 2.05) is 67.6 Å². The first-order valence-electron chi connectivity index (χ1n) is 9.70. The number of amides is 1. The summed E-state index contributed by atoms with van der Waals surface area (Å²) in [4.78, 5) is 16.8. The standard InChI is InChI=1S/C24H21N3O4/c1-16-7-3-5-9-20(16)25-22(28)15-30-21-10-6-4-8-19(21)24-26-23(27-31-24)17-11-13-18(29-2)14-12-17/h3-14H,15H2,1-2H3,(H,25,28). The molecule has 0 saturated carbocycles. The molecule has 0 atom stereocenters. The van der Waals surface area contributed by atoms with E-state index in [1.165, 1.54) is 0 Å². The minimum atomic E-state index is -0.256. The van der Waals surface area contributed by atoms with Crippen molar-refractivity contribution >= 4 is 11.6 Å². The summed E-state index contributed by atoms with van der Waals surface area (Å²) < 4.78 is 16.4. The number of aryl methyl sites for hydroxylation is 1. The minimum Gasteiger partial charge on any atom is -0.497 e. The lowest BCUT2D eigenvalue weighted by atomic mass is 10.2. The number of anilines is 1. The zero-order chi connectivity index (χ0) is 21.6. The van der Waals surface area contributed by atoms with Crippen LogP contribution in [0.25, 0.3) is 22.8 Å². The quantitative estimate of drug-likeness (QED) is 0.469. The number of nitrogens with zero attached hydrogens (tertiary/aromatic N) is 2. The average molecular weight is 415 g/mol. The van der Waals surface area contributed by atoms with Crippen molar-refractivity contribution in [1.29, 1.82) is 0 Å². The second-order valence-corrected chi connectivity index (χ2v) is 6.80. The highest BCUT2D eigenvalue weighted by molar-refractivity contribution is 5.92. The second-order valence-electron chi connectivity index (χ2n) is 6.80. The summed E-state index contributed by atoms with van der Waals surface area (Å²) in [5.41, 5.74) is 3.14. The molecule has 0 unspecified atom stereocenters. The Labute approximate surface area is 179 Å². The van der Waals surface area contributed by atoms with Gasteiger partial charge in [-0.05, 0) is 55.0 Å². The molecule has 0 bridgehead atoms. The minimum absolute atomic E-state index is 0.148. The van der Waals surface area contributed by atoms with E-state index in [9.17, 15) is 4.79 Å². The Balaban J connectivity index is 1.48. The topological polar surface area (TPSA) is 86.5 Å². The maximum atomic E-state index is 12.3. The van der Waals surface area contributed by atoms with Crippen LogP contribution in [0.2, 0.25) is 0 Å². The van der Waals surface area contributed by atoms with E-state index >= 15 is 0 Å². The average Bonchev–Trinajstić information content (AvgIpc) is 3.30. The van der Waals surface area contributed by atoms with Gasteiger partial charge in [-0.15, -0.1) is 0 Å². The molecule has 156 valence electrons. The van der Waals surface area contributed by atoms with Crippen LogP contribution in [0.1, 0.15) is 5.56 Å². The molecule has 7 nitrogen and oxygen atoms in total. The molecule has 0 aliphatic carbocycles. The van der Waals surface area contributed by atoms with Gasteiger partial charge >= 0.3 is 0 Å². The second kappa shape index (κ2) is 9.13. The lowest BCUT2D eigenvalue weighted by Crippen LogP contribution is -2.20. The molecule has 0 radical (unpaired) electrons. The van der Waals surface area contributed by atoms with Crippen molar-refractivity contribution in [2.75, 3.05) is 19.0 Å². The van der Waals surface area contributed by atoms with Gasteiger partial charge < -0.3 is 19.3 Å². The highest BCUT2D eigenvalue weighted by Gasteiger charge is 2.16. The number of nitrogens with one attached hydrogen (secondary N) is 1. The summed E-state index contributed by atoms with van der Waals surface area (Å²) >= 11 is 0. The van der Waals surface area contributed by atoms with Crippen molar-refractivity contribution in [3.8, 4) is 34.3 Å². The van der Waals surface area contributed by atoms with Crippen molar-refractivity contribution < 1.29 is 18.8 Å². The molecule has 1 N–H and O–H groups in total. The monoisotopic (exact) mass is 415 g/mol. The number of ether oxygens (including phenoxy) is 2. The van der Waals surface area contributed by atoms with Gasteiger partial charge in [-0.1, -0.05) is 35.5 Å². The molecule has 7 heteroatoms. The van der Waals surface area contributed by atoms with Crippen molar-refractivity contribution in [1.82, 2.24) is 10.1 Å². The SMILES string of the molecule is COc1ccc(-c2noc(-c3ccccc3OCC(=O)Nc3ccccc3C)n2)cc1. The highest BCUT2D eigenvalue weighted by Crippen LogP contribution is 2.30. The molecule has 1 amide bonds.